The van der Waals surface area contributed by atoms with Crippen LogP contribution in [0.15, 0.2) is 87.9 Å². The van der Waals surface area contributed by atoms with Gasteiger partial charge in [0, 0.05) is 23.4 Å². The van der Waals surface area contributed by atoms with Gasteiger partial charge in [0.25, 0.3) is 11.1 Å². The Bertz CT molecular complexity index is 2100. The maximum Gasteiger partial charge on any atom is 0.294 e. The zero-order valence-corrected chi connectivity index (χ0v) is 24.7. The molecule has 0 bridgehead atoms. The van der Waals surface area contributed by atoms with Crippen molar-refractivity contribution in [2.45, 2.75) is 13.5 Å². The van der Waals surface area contributed by atoms with Crippen LogP contribution in [0.4, 0.5) is 5.69 Å². The van der Waals surface area contributed by atoms with E-state index in [1.54, 1.807) is 37.9 Å². The summed E-state index contributed by atoms with van der Waals surface area (Å²) >= 11 is 1.34. The molecule has 7 aromatic rings. The third kappa shape index (κ3) is 5.11. The van der Waals surface area contributed by atoms with Crippen LogP contribution in [0.1, 0.15) is 21.6 Å². The lowest BCUT2D eigenvalue weighted by molar-refractivity contribution is 0.102. The second-order valence-corrected chi connectivity index (χ2v) is 10.8. The molecule has 0 aliphatic carbocycles. The summed E-state index contributed by atoms with van der Waals surface area (Å²) in [5.74, 6) is 1.85. The van der Waals surface area contributed by atoms with Gasteiger partial charge in [0.15, 0.2) is 11.5 Å². The lowest BCUT2D eigenvalue weighted by atomic mass is 10.1. The molecule has 11 nitrogen and oxygen atoms in total. The van der Waals surface area contributed by atoms with E-state index in [9.17, 15) is 4.79 Å². The van der Waals surface area contributed by atoms with E-state index in [2.05, 4.69) is 20.6 Å². The van der Waals surface area contributed by atoms with Gasteiger partial charge >= 0.3 is 0 Å². The van der Waals surface area contributed by atoms with E-state index in [-0.39, 0.29) is 12.5 Å². The van der Waals surface area contributed by atoms with Gasteiger partial charge in [0.2, 0.25) is 4.96 Å². The van der Waals surface area contributed by atoms with Crippen molar-refractivity contribution < 1.29 is 27.9 Å². The number of imidazole rings is 1. The van der Waals surface area contributed by atoms with Crippen LogP contribution in [-0.2, 0) is 6.61 Å². The molecule has 0 radical (unpaired) electrons. The number of anilines is 1. The number of hydrogen-bond acceptors (Lipinski definition) is 10. The van der Waals surface area contributed by atoms with Crippen molar-refractivity contribution >= 4 is 38.9 Å². The summed E-state index contributed by atoms with van der Waals surface area (Å²) in [6.07, 6.45) is 1.79. The predicted molar refractivity (Wildman–Crippen MR) is 165 cm³/mol. The van der Waals surface area contributed by atoms with Gasteiger partial charge in [-0.1, -0.05) is 47.6 Å². The largest absolute Gasteiger partial charge is 0.496 e. The van der Waals surface area contributed by atoms with Crippen molar-refractivity contribution in [2.75, 3.05) is 19.5 Å². The number of fused-ring (bicyclic) bond motifs is 2. The Labute approximate surface area is 254 Å². The van der Waals surface area contributed by atoms with Crippen molar-refractivity contribution in [3.63, 3.8) is 0 Å². The van der Waals surface area contributed by atoms with Crippen LogP contribution in [0.3, 0.4) is 0 Å². The first kappa shape index (κ1) is 27.2. The smallest absolute Gasteiger partial charge is 0.294 e. The van der Waals surface area contributed by atoms with Gasteiger partial charge in [-0.05, 0) is 42.0 Å². The highest BCUT2D eigenvalue weighted by Crippen LogP contribution is 2.38. The quantitative estimate of drug-likeness (QED) is 0.184. The fourth-order valence-corrected chi connectivity index (χ4v) is 5.55. The van der Waals surface area contributed by atoms with Gasteiger partial charge in [0.05, 0.1) is 31.5 Å². The molecule has 44 heavy (non-hydrogen) atoms. The number of carbonyl (C=O) groups excluding carboxylic acids is 1. The van der Waals surface area contributed by atoms with Crippen molar-refractivity contribution in [3.8, 4) is 39.5 Å². The summed E-state index contributed by atoms with van der Waals surface area (Å²) < 4.78 is 30.3. The molecule has 4 heterocycles. The number of benzene rings is 3. The number of ether oxygens (including phenoxy) is 3. The molecule has 220 valence electrons. The minimum atomic E-state index is -0.311. The van der Waals surface area contributed by atoms with Gasteiger partial charge in [-0.25, -0.2) is 9.50 Å². The van der Waals surface area contributed by atoms with Crippen LogP contribution in [0.2, 0.25) is 0 Å². The van der Waals surface area contributed by atoms with Crippen LogP contribution in [0.5, 0.6) is 16.7 Å². The van der Waals surface area contributed by atoms with E-state index in [1.165, 1.54) is 11.3 Å². The molecule has 0 unspecified atom stereocenters. The van der Waals surface area contributed by atoms with Crippen molar-refractivity contribution in [3.05, 3.63) is 95.8 Å². The number of hydrogen-bond donors (Lipinski definition) is 1. The fraction of sp³-hybridized carbons (Fsp3) is 0.125. The first-order valence-electron chi connectivity index (χ1n) is 13.6. The number of furan rings is 1. The van der Waals surface area contributed by atoms with Crippen LogP contribution in [-0.4, -0.2) is 39.9 Å². The molecular formula is C32H25N5O6S. The molecule has 0 aliphatic heterocycles. The third-order valence-electron chi connectivity index (χ3n) is 6.97. The van der Waals surface area contributed by atoms with E-state index in [4.69, 9.17) is 23.2 Å². The zero-order chi connectivity index (χ0) is 30.2. The highest BCUT2D eigenvalue weighted by Gasteiger charge is 2.22. The molecule has 0 aliphatic rings. The Hall–Kier alpha value is -5.62. The molecular weight excluding hydrogens is 582 g/mol. The monoisotopic (exact) mass is 607 g/mol. The Balaban J connectivity index is 1.11. The first-order valence-corrected chi connectivity index (χ1v) is 14.4. The summed E-state index contributed by atoms with van der Waals surface area (Å²) in [5.41, 5.74) is 4.36. The van der Waals surface area contributed by atoms with Gasteiger partial charge < -0.3 is 28.5 Å². The predicted octanol–water partition coefficient (Wildman–Crippen LogP) is 7.02. The second kappa shape index (κ2) is 11.2. The highest BCUT2D eigenvalue weighted by atomic mass is 32.1. The van der Waals surface area contributed by atoms with Crippen LogP contribution in [0.25, 0.3) is 38.7 Å². The SMILES string of the molecule is COc1cc(OCc2cccc(NC(=O)c3c(C)noc3-c3ccccc3)c2)c2cc(-c3cn4nc(OC)sc4n3)oc2c1. The topological polar surface area (TPSA) is 126 Å². The van der Waals surface area contributed by atoms with E-state index >= 15 is 0 Å². The van der Waals surface area contributed by atoms with Gasteiger partial charge in [-0.2, -0.15) is 0 Å². The normalized spacial score (nSPS) is 11.2. The van der Waals surface area contributed by atoms with E-state index in [0.717, 1.165) is 16.5 Å². The molecule has 0 saturated heterocycles. The van der Waals surface area contributed by atoms with Crippen molar-refractivity contribution in [1.82, 2.24) is 19.8 Å². The number of methoxy groups -OCH3 is 2. The summed E-state index contributed by atoms with van der Waals surface area (Å²) in [6, 6.07) is 22.4. The Morgan fingerprint density at radius 3 is 2.68 bits per heavy atom. The van der Waals surface area contributed by atoms with Gasteiger partial charge in [-0.3, -0.25) is 4.79 Å². The van der Waals surface area contributed by atoms with Gasteiger partial charge in [-0.15, -0.1) is 5.10 Å². The number of rotatable bonds is 9. The molecule has 0 saturated carbocycles. The lowest BCUT2D eigenvalue weighted by Gasteiger charge is -2.11. The van der Waals surface area contributed by atoms with Crippen LogP contribution >= 0.6 is 11.3 Å². The molecule has 1 amide bonds. The molecule has 0 spiro atoms. The number of aromatic nitrogens is 4. The summed E-state index contributed by atoms with van der Waals surface area (Å²) in [5, 5.41) is 12.6. The number of carbonyl (C=O) groups is 1. The Morgan fingerprint density at radius 2 is 1.89 bits per heavy atom. The highest BCUT2D eigenvalue weighted by molar-refractivity contribution is 7.18. The van der Waals surface area contributed by atoms with E-state index in [1.807, 2.05) is 66.7 Å². The second-order valence-electron chi connectivity index (χ2n) is 9.85. The van der Waals surface area contributed by atoms with Gasteiger partial charge in [0.1, 0.15) is 34.9 Å². The van der Waals surface area contributed by atoms with E-state index in [0.29, 0.717) is 61.4 Å². The Morgan fingerprint density at radius 1 is 1.02 bits per heavy atom. The summed E-state index contributed by atoms with van der Waals surface area (Å²) in [7, 11) is 3.16. The number of aryl methyl sites for hydroxylation is 1. The number of amides is 1. The number of nitrogens with zero attached hydrogens (tertiary/aromatic N) is 4. The van der Waals surface area contributed by atoms with E-state index < -0.39 is 0 Å². The Kier molecular flexibility index (Phi) is 6.95. The average Bonchev–Trinajstić information content (AvgIpc) is 3.82. The molecule has 7 rings (SSSR count). The molecule has 1 N–H and O–H groups in total. The standard InChI is InChI=1S/C32H25N5O6S/c1-18-28(29(43-36-18)20-9-5-4-6-10-20)30(38)33-21-11-7-8-19(12-21)17-41-25-13-22(39-2)14-26-23(25)15-27(42-26)24-16-37-31(34-24)44-32(35-37)40-3/h4-16H,17H2,1-3H3,(H,33,38). The first-order chi connectivity index (χ1) is 21.5. The van der Waals surface area contributed by atoms with Crippen molar-refractivity contribution in [2.24, 2.45) is 0 Å². The average molecular weight is 608 g/mol. The molecule has 4 aromatic heterocycles. The molecule has 12 heteroatoms. The third-order valence-corrected chi connectivity index (χ3v) is 7.85. The minimum absolute atomic E-state index is 0.234. The maximum atomic E-state index is 13.3. The fourth-order valence-electron chi connectivity index (χ4n) is 4.85. The maximum absolute atomic E-state index is 13.3. The van der Waals surface area contributed by atoms with Crippen molar-refractivity contribution in [1.29, 1.82) is 0 Å². The molecule has 3 aromatic carbocycles. The lowest BCUT2D eigenvalue weighted by Crippen LogP contribution is -2.13. The van der Waals surface area contributed by atoms with Crippen LogP contribution < -0.4 is 19.5 Å². The zero-order valence-electron chi connectivity index (χ0n) is 23.9. The molecule has 0 atom stereocenters. The number of nitrogens with one attached hydrogen (secondary N) is 1. The van der Waals surface area contributed by atoms with Crippen LogP contribution in [0, 0.1) is 6.92 Å². The molecule has 0 fully saturated rings. The minimum Gasteiger partial charge on any atom is -0.496 e. The summed E-state index contributed by atoms with van der Waals surface area (Å²) in [4.78, 5) is 18.6. The summed E-state index contributed by atoms with van der Waals surface area (Å²) in [6.45, 7) is 1.98.